The molecule has 0 radical (unpaired) electrons. The summed E-state index contributed by atoms with van der Waals surface area (Å²) < 4.78 is 4.66. The van der Waals surface area contributed by atoms with Crippen LogP contribution < -0.4 is 5.32 Å². The Kier molecular flexibility index (Phi) is 3.11. The summed E-state index contributed by atoms with van der Waals surface area (Å²) in [7, 11) is 1.35. The molecule has 2 rings (SSSR count). The van der Waals surface area contributed by atoms with Crippen LogP contribution in [-0.4, -0.2) is 23.0 Å². The van der Waals surface area contributed by atoms with Gasteiger partial charge in [-0.2, -0.15) is 0 Å². The second-order valence-corrected chi connectivity index (χ2v) is 3.79. The number of esters is 1. The van der Waals surface area contributed by atoms with Crippen molar-refractivity contribution >= 4 is 28.1 Å². The molecule has 0 aromatic carbocycles. The first-order valence-corrected chi connectivity index (χ1v) is 5.38. The molecule has 0 atom stereocenters. The molecule has 0 spiro atoms. The van der Waals surface area contributed by atoms with E-state index < -0.39 is 0 Å². The summed E-state index contributed by atoms with van der Waals surface area (Å²) in [6.07, 6.45) is 4.75. The molecule has 0 aliphatic carbocycles. The lowest BCUT2D eigenvalue weighted by Crippen LogP contribution is -2.03. The van der Waals surface area contributed by atoms with Gasteiger partial charge < -0.3 is 10.1 Å². The Labute approximate surface area is 96.1 Å². The molecule has 0 saturated heterocycles. The van der Waals surface area contributed by atoms with Gasteiger partial charge in [0.2, 0.25) is 0 Å². The van der Waals surface area contributed by atoms with Crippen molar-refractivity contribution in [3.05, 3.63) is 35.6 Å². The number of hydrogen-bond acceptors (Lipinski definition) is 6. The topological polar surface area (TPSA) is 64.1 Å². The van der Waals surface area contributed by atoms with Gasteiger partial charge in [-0.05, 0) is 11.4 Å². The van der Waals surface area contributed by atoms with E-state index in [1.165, 1.54) is 18.4 Å². The highest BCUT2D eigenvalue weighted by Crippen LogP contribution is 2.26. The van der Waals surface area contributed by atoms with Crippen molar-refractivity contribution in [1.29, 1.82) is 0 Å². The van der Waals surface area contributed by atoms with Crippen LogP contribution in [0.3, 0.4) is 0 Å². The first-order valence-electron chi connectivity index (χ1n) is 4.50. The third-order valence-electron chi connectivity index (χ3n) is 1.88. The van der Waals surface area contributed by atoms with Gasteiger partial charge in [0.1, 0.15) is 10.8 Å². The third kappa shape index (κ3) is 2.17. The van der Waals surface area contributed by atoms with E-state index >= 15 is 0 Å². The molecule has 2 heterocycles. The maximum Gasteiger partial charge on any atom is 0.340 e. The summed E-state index contributed by atoms with van der Waals surface area (Å²) in [6.45, 7) is 0. The normalized spacial score (nSPS) is 9.81. The Hall–Kier alpha value is -1.95. The summed E-state index contributed by atoms with van der Waals surface area (Å²) >= 11 is 1.41. The molecule has 0 unspecified atom stereocenters. The van der Waals surface area contributed by atoms with Crippen molar-refractivity contribution in [3.8, 4) is 0 Å². The van der Waals surface area contributed by atoms with Gasteiger partial charge in [0.25, 0.3) is 0 Å². The number of hydrogen-bond donors (Lipinski definition) is 1. The predicted molar refractivity (Wildman–Crippen MR) is 61.0 cm³/mol. The lowest BCUT2D eigenvalue weighted by Gasteiger charge is -2.04. The highest BCUT2D eigenvalue weighted by Gasteiger charge is 2.13. The minimum absolute atomic E-state index is 0.368. The molecule has 2 aromatic heterocycles. The fourth-order valence-corrected chi connectivity index (χ4v) is 1.94. The fourth-order valence-electron chi connectivity index (χ4n) is 1.16. The van der Waals surface area contributed by atoms with Gasteiger partial charge in [-0.3, -0.25) is 4.98 Å². The second kappa shape index (κ2) is 4.71. The van der Waals surface area contributed by atoms with E-state index in [1.54, 1.807) is 24.7 Å². The first kappa shape index (κ1) is 10.6. The van der Waals surface area contributed by atoms with Crippen molar-refractivity contribution in [2.75, 3.05) is 12.4 Å². The van der Waals surface area contributed by atoms with Crippen molar-refractivity contribution in [3.63, 3.8) is 0 Å². The molecule has 0 aliphatic heterocycles. The number of rotatable bonds is 3. The summed E-state index contributed by atoms with van der Waals surface area (Å²) in [5, 5.41) is 5.52. The van der Waals surface area contributed by atoms with Crippen LogP contribution in [0.25, 0.3) is 0 Å². The number of thiophene rings is 1. The molecule has 16 heavy (non-hydrogen) atoms. The molecule has 0 saturated carbocycles. The number of ether oxygens (including phenoxy) is 1. The lowest BCUT2D eigenvalue weighted by atomic mass is 10.3. The van der Waals surface area contributed by atoms with Gasteiger partial charge in [0.15, 0.2) is 0 Å². The average molecular weight is 235 g/mol. The number of nitrogens with one attached hydrogen (secondary N) is 1. The summed E-state index contributed by atoms with van der Waals surface area (Å²) in [4.78, 5) is 19.4. The maximum atomic E-state index is 11.4. The monoisotopic (exact) mass is 235 g/mol. The molecule has 2 aromatic rings. The largest absolute Gasteiger partial charge is 0.465 e. The Bertz CT molecular complexity index is 484. The van der Waals surface area contributed by atoms with Gasteiger partial charge in [-0.15, -0.1) is 11.3 Å². The van der Waals surface area contributed by atoms with Crippen LogP contribution >= 0.6 is 11.3 Å². The van der Waals surface area contributed by atoms with Crippen LogP contribution in [0.1, 0.15) is 10.4 Å². The van der Waals surface area contributed by atoms with Gasteiger partial charge in [0.05, 0.1) is 18.9 Å². The van der Waals surface area contributed by atoms with E-state index in [9.17, 15) is 4.79 Å². The third-order valence-corrected chi connectivity index (χ3v) is 2.71. The Balaban J connectivity index is 2.22. The second-order valence-electron chi connectivity index (χ2n) is 2.87. The average Bonchev–Trinajstić information content (AvgIpc) is 2.77. The van der Waals surface area contributed by atoms with Crippen LogP contribution in [-0.2, 0) is 4.74 Å². The van der Waals surface area contributed by atoms with Gasteiger partial charge in [0, 0.05) is 12.4 Å². The quantitative estimate of drug-likeness (QED) is 0.825. The van der Waals surface area contributed by atoms with Crippen molar-refractivity contribution < 1.29 is 9.53 Å². The van der Waals surface area contributed by atoms with Crippen LogP contribution in [0, 0.1) is 0 Å². The van der Waals surface area contributed by atoms with E-state index in [4.69, 9.17) is 0 Å². The highest BCUT2D eigenvalue weighted by molar-refractivity contribution is 7.14. The van der Waals surface area contributed by atoms with Gasteiger partial charge in [-0.1, -0.05) is 0 Å². The lowest BCUT2D eigenvalue weighted by molar-refractivity contribution is 0.0602. The predicted octanol–water partition coefficient (Wildman–Crippen LogP) is 2.07. The van der Waals surface area contributed by atoms with E-state index in [0.717, 1.165) is 0 Å². The molecule has 0 aliphatic rings. The summed E-state index contributed by atoms with van der Waals surface area (Å²) in [5.74, 6) is 0.225. The molecule has 1 N–H and O–H groups in total. The fraction of sp³-hybridized carbons (Fsp3) is 0.100. The number of aromatic nitrogens is 2. The SMILES string of the molecule is COC(=O)c1ccsc1Nc1cnccn1. The Morgan fingerprint density at radius 2 is 2.38 bits per heavy atom. The number of carbonyl (C=O) groups excluding carboxylic acids is 1. The maximum absolute atomic E-state index is 11.4. The van der Waals surface area contributed by atoms with E-state index in [2.05, 4.69) is 20.0 Å². The number of nitrogens with zero attached hydrogens (tertiary/aromatic N) is 2. The number of anilines is 2. The Morgan fingerprint density at radius 1 is 1.50 bits per heavy atom. The number of methoxy groups -OCH3 is 1. The number of carbonyl (C=O) groups is 1. The molecule has 6 heteroatoms. The van der Waals surface area contributed by atoms with Crippen LogP contribution in [0.5, 0.6) is 0 Å². The molecule has 0 amide bonds. The van der Waals surface area contributed by atoms with E-state index in [1.807, 2.05) is 5.38 Å². The van der Waals surface area contributed by atoms with Crippen LogP contribution in [0.4, 0.5) is 10.8 Å². The Morgan fingerprint density at radius 3 is 3.06 bits per heavy atom. The molecular weight excluding hydrogens is 226 g/mol. The summed E-state index contributed by atoms with van der Waals surface area (Å²) in [5.41, 5.74) is 0.498. The first-order chi connectivity index (χ1) is 7.81. The van der Waals surface area contributed by atoms with Crippen molar-refractivity contribution in [1.82, 2.24) is 9.97 Å². The smallest absolute Gasteiger partial charge is 0.340 e. The van der Waals surface area contributed by atoms with Crippen LogP contribution in [0.2, 0.25) is 0 Å². The zero-order valence-electron chi connectivity index (χ0n) is 8.51. The zero-order chi connectivity index (χ0) is 11.4. The molecule has 0 bridgehead atoms. The van der Waals surface area contributed by atoms with Crippen LogP contribution in [0.15, 0.2) is 30.0 Å². The molecule has 0 fully saturated rings. The molecule has 82 valence electrons. The minimum Gasteiger partial charge on any atom is -0.465 e. The van der Waals surface area contributed by atoms with Gasteiger partial charge in [-0.25, -0.2) is 9.78 Å². The zero-order valence-corrected chi connectivity index (χ0v) is 9.32. The summed E-state index contributed by atoms with van der Waals surface area (Å²) in [6, 6.07) is 1.70. The van der Waals surface area contributed by atoms with Crippen molar-refractivity contribution in [2.45, 2.75) is 0 Å². The molecular formula is C10H9N3O2S. The van der Waals surface area contributed by atoms with E-state index in [-0.39, 0.29) is 5.97 Å². The van der Waals surface area contributed by atoms with E-state index in [0.29, 0.717) is 16.4 Å². The molecule has 5 nitrogen and oxygen atoms in total. The van der Waals surface area contributed by atoms with Gasteiger partial charge >= 0.3 is 5.97 Å². The van der Waals surface area contributed by atoms with Crippen molar-refractivity contribution in [2.24, 2.45) is 0 Å². The highest BCUT2D eigenvalue weighted by atomic mass is 32.1. The minimum atomic E-state index is -0.368. The standard InChI is InChI=1S/C10H9N3O2S/c1-15-10(14)7-2-5-16-9(7)13-8-6-11-3-4-12-8/h2-6H,1H3,(H,12,13).